The maximum absolute atomic E-state index is 12.4. The predicted molar refractivity (Wildman–Crippen MR) is 73.6 cm³/mol. The minimum absolute atomic E-state index is 0.0812. The molecule has 4 atom stereocenters. The van der Waals surface area contributed by atoms with E-state index in [9.17, 15) is 13.2 Å². The summed E-state index contributed by atoms with van der Waals surface area (Å²) in [7, 11) is -2.18. The molecule has 0 amide bonds. The van der Waals surface area contributed by atoms with Gasteiger partial charge in [0.25, 0.3) is 0 Å². The fourth-order valence-corrected chi connectivity index (χ4v) is 4.91. The summed E-state index contributed by atoms with van der Waals surface area (Å²) in [6, 6.07) is 0. The first kappa shape index (κ1) is 15.7. The Morgan fingerprint density at radius 2 is 2.10 bits per heavy atom. The van der Waals surface area contributed by atoms with Crippen molar-refractivity contribution >= 4 is 16.0 Å². The standard InChI is InChI=1S/C13H23NO5S/c1-9-10(6-7-19-9)8-14-20(16,17)12-5-3-4-11(12)13(15)18-2/h9-12,14H,3-8H2,1-2H3. The summed E-state index contributed by atoms with van der Waals surface area (Å²) in [5.74, 6) is -0.743. The van der Waals surface area contributed by atoms with Gasteiger partial charge in [-0.25, -0.2) is 13.1 Å². The summed E-state index contributed by atoms with van der Waals surface area (Å²) in [5.41, 5.74) is 0. The first-order valence-corrected chi connectivity index (χ1v) is 8.68. The third-order valence-electron chi connectivity index (χ3n) is 4.44. The molecular weight excluding hydrogens is 282 g/mol. The average molecular weight is 305 g/mol. The van der Waals surface area contributed by atoms with Crippen LogP contribution in [-0.4, -0.2) is 46.0 Å². The zero-order valence-electron chi connectivity index (χ0n) is 12.0. The summed E-state index contributed by atoms with van der Waals surface area (Å²) in [6.07, 6.45) is 2.80. The van der Waals surface area contributed by atoms with Crippen molar-refractivity contribution in [2.75, 3.05) is 20.3 Å². The lowest BCUT2D eigenvalue weighted by molar-refractivity contribution is -0.145. The van der Waals surface area contributed by atoms with E-state index >= 15 is 0 Å². The molecule has 0 aromatic heterocycles. The smallest absolute Gasteiger partial charge is 0.310 e. The molecule has 0 radical (unpaired) electrons. The number of sulfonamides is 1. The molecule has 1 saturated carbocycles. The Bertz CT molecular complexity index is 450. The molecule has 4 unspecified atom stereocenters. The number of hydrogen-bond donors (Lipinski definition) is 1. The molecule has 7 heteroatoms. The minimum Gasteiger partial charge on any atom is -0.469 e. The van der Waals surface area contributed by atoms with Gasteiger partial charge in [-0.1, -0.05) is 6.42 Å². The number of rotatable bonds is 5. The molecule has 0 bridgehead atoms. The molecule has 1 N–H and O–H groups in total. The lowest BCUT2D eigenvalue weighted by Crippen LogP contribution is -2.42. The third kappa shape index (κ3) is 3.32. The van der Waals surface area contributed by atoms with Crippen molar-refractivity contribution in [1.29, 1.82) is 0 Å². The lowest BCUT2D eigenvalue weighted by atomic mass is 10.0. The second-order valence-corrected chi connectivity index (χ2v) is 7.60. The van der Waals surface area contributed by atoms with Crippen LogP contribution < -0.4 is 4.72 Å². The van der Waals surface area contributed by atoms with Gasteiger partial charge in [-0.15, -0.1) is 0 Å². The largest absolute Gasteiger partial charge is 0.469 e. The highest BCUT2D eigenvalue weighted by atomic mass is 32.2. The van der Waals surface area contributed by atoms with Crippen LogP contribution in [-0.2, 0) is 24.3 Å². The summed E-state index contributed by atoms with van der Waals surface area (Å²) in [4.78, 5) is 11.6. The van der Waals surface area contributed by atoms with Crippen molar-refractivity contribution in [3.63, 3.8) is 0 Å². The van der Waals surface area contributed by atoms with E-state index in [-0.39, 0.29) is 12.0 Å². The molecule has 1 heterocycles. The van der Waals surface area contributed by atoms with Crippen LogP contribution in [0.3, 0.4) is 0 Å². The summed E-state index contributed by atoms with van der Waals surface area (Å²) in [5, 5.41) is -0.660. The predicted octanol–water partition coefficient (Wildman–Crippen LogP) is 0.673. The molecule has 0 aromatic carbocycles. The van der Waals surface area contributed by atoms with Gasteiger partial charge in [0, 0.05) is 19.1 Å². The molecule has 2 rings (SSSR count). The van der Waals surface area contributed by atoms with Crippen molar-refractivity contribution in [1.82, 2.24) is 4.72 Å². The van der Waals surface area contributed by atoms with Gasteiger partial charge in [-0.3, -0.25) is 4.79 Å². The number of ether oxygens (including phenoxy) is 2. The fourth-order valence-electron chi connectivity index (χ4n) is 3.09. The topological polar surface area (TPSA) is 81.7 Å². The Labute approximate surface area is 120 Å². The van der Waals surface area contributed by atoms with Gasteiger partial charge < -0.3 is 9.47 Å². The zero-order valence-corrected chi connectivity index (χ0v) is 12.8. The number of carbonyl (C=O) groups is 1. The van der Waals surface area contributed by atoms with Gasteiger partial charge in [0.1, 0.15) is 0 Å². The number of methoxy groups -OCH3 is 1. The first-order valence-electron chi connectivity index (χ1n) is 7.13. The molecule has 6 nitrogen and oxygen atoms in total. The fraction of sp³-hybridized carbons (Fsp3) is 0.923. The van der Waals surface area contributed by atoms with E-state index in [0.29, 0.717) is 26.0 Å². The van der Waals surface area contributed by atoms with Gasteiger partial charge in [0.2, 0.25) is 10.0 Å². The number of hydrogen-bond acceptors (Lipinski definition) is 5. The van der Waals surface area contributed by atoms with Gasteiger partial charge >= 0.3 is 5.97 Å². The first-order chi connectivity index (χ1) is 9.45. The van der Waals surface area contributed by atoms with Crippen LogP contribution in [0.15, 0.2) is 0 Å². The van der Waals surface area contributed by atoms with E-state index in [1.54, 1.807) is 0 Å². The van der Waals surface area contributed by atoms with Crippen LogP contribution in [0.25, 0.3) is 0 Å². The molecule has 2 fully saturated rings. The lowest BCUT2D eigenvalue weighted by Gasteiger charge is -2.20. The average Bonchev–Trinajstić information content (AvgIpc) is 3.04. The van der Waals surface area contributed by atoms with Crippen LogP contribution in [0.1, 0.15) is 32.6 Å². The van der Waals surface area contributed by atoms with Gasteiger partial charge in [-0.2, -0.15) is 0 Å². The Morgan fingerprint density at radius 3 is 2.70 bits per heavy atom. The third-order valence-corrected chi connectivity index (χ3v) is 6.37. The Hall–Kier alpha value is -0.660. The number of carbonyl (C=O) groups excluding carboxylic acids is 1. The summed E-state index contributed by atoms with van der Waals surface area (Å²) >= 11 is 0. The van der Waals surface area contributed by atoms with Gasteiger partial charge in [0.05, 0.1) is 24.4 Å². The highest BCUT2D eigenvalue weighted by Gasteiger charge is 2.42. The van der Waals surface area contributed by atoms with E-state index in [4.69, 9.17) is 9.47 Å². The Balaban J connectivity index is 1.97. The van der Waals surface area contributed by atoms with Gasteiger partial charge in [-0.05, 0) is 26.2 Å². The highest BCUT2D eigenvalue weighted by molar-refractivity contribution is 7.90. The van der Waals surface area contributed by atoms with Crippen LogP contribution in [0, 0.1) is 11.8 Å². The second-order valence-electron chi connectivity index (χ2n) is 5.62. The van der Waals surface area contributed by atoms with E-state index in [2.05, 4.69) is 4.72 Å². The Morgan fingerprint density at radius 1 is 1.35 bits per heavy atom. The molecule has 1 aliphatic heterocycles. The van der Waals surface area contributed by atoms with E-state index in [1.165, 1.54) is 7.11 Å². The molecule has 20 heavy (non-hydrogen) atoms. The highest BCUT2D eigenvalue weighted by Crippen LogP contribution is 2.32. The summed E-state index contributed by atoms with van der Waals surface area (Å²) < 4.78 is 37.5. The molecule has 0 spiro atoms. The molecule has 1 aliphatic carbocycles. The van der Waals surface area contributed by atoms with Crippen LogP contribution in [0.4, 0.5) is 0 Å². The molecule has 0 aromatic rings. The van der Waals surface area contributed by atoms with Crippen molar-refractivity contribution in [2.24, 2.45) is 11.8 Å². The summed E-state index contributed by atoms with van der Waals surface area (Å²) in [6.45, 7) is 3.02. The van der Waals surface area contributed by atoms with Crippen molar-refractivity contribution in [3.05, 3.63) is 0 Å². The molecule has 116 valence electrons. The van der Waals surface area contributed by atoms with Crippen molar-refractivity contribution < 1.29 is 22.7 Å². The van der Waals surface area contributed by atoms with E-state index in [1.807, 2.05) is 6.92 Å². The SMILES string of the molecule is COC(=O)C1CCCC1S(=O)(=O)NCC1CCOC1C. The quantitative estimate of drug-likeness (QED) is 0.755. The van der Waals surface area contributed by atoms with E-state index in [0.717, 1.165) is 12.8 Å². The van der Waals surface area contributed by atoms with Crippen molar-refractivity contribution in [3.8, 4) is 0 Å². The minimum atomic E-state index is -3.48. The maximum atomic E-state index is 12.4. The van der Waals surface area contributed by atoms with Crippen molar-refractivity contribution in [2.45, 2.75) is 44.0 Å². The van der Waals surface area contributed by atoms with Gasteiger partial charge in [0.15, 0.2) is 0 Å². The Kier molecular flexibility index (Phi) is 5.04. The monoisotopic (exact) mass is 305 g/mol. The number of esters is 1. The molecule has 1 saturated heterocycles. The molecule has 2 aliphatic rings. The van der Waals surface area contributed by atoms with Crippen LogP contribution in [0.5, 0.6) is 0 Å². The van der Waals surface area contributed by atoms with E-state index < -0.39 is 27.2 Å². The molecular formula is C13H23NO5S. The normalized spacial score (nSPS) is 34.3. The number of nitrogens with one attached hydrogen (secondary N) is 1. The van der Waals surface area contributed by atoms with Crippen LogP contribution >= 0.6 is 0 Å². The zero-order chi connectivity index (χ0) is 14.8. The maximum Gasteiger partial charge on any atom is 0.310 e. The van der Waals surface area contributed by atoms with Crippen LogP contribution in [0.2, 0.25) is 0 Å². The second kappa shape index (κ2) is 6.41.